The predicted molar refractivity (Wildman–Crippen MR) is 129 cm³/mol. The Morgan fingerprint density at radius 2 is 1.65 bits per heavy atom. The Kier molecular flexibility index (Phi) is 8.64. The molecule has 0 spiro atoms. The Morgan fingerprint density at radius 3 is 2.38 bits per heavy atom. The van der Waals surface area contributed by atoms with Gasteiger partial charge >= 0.3 is 10.1 Å². The molecule has 1 N–H and O–H groups in total. The van der Waals surface area contributed by atoms with E-state index in [1.165, 1.54) is 24.4 Å². The fraction of sp³-hybridized carbons (Fsp3) is 0.200. The first-order chi connectivity index (χ1) is 16.4. The number of rotatable bonds is 11. The number of hydrogen-bond donors (Lipinski definition) is 1. The lowest BCUT2D eigenvalue weighted by molar-refractivity contribution is 0.0954. The monoisotopic (exact) mass is 482 g/mol. The minimum atomic E-state index is -4.02. The minimum Gasteiger partial charge on any atom is -0.490 e. The van der Waals surface area contributed by atoms with Crippen LogP contribution in [0.1, 0.15) is 36.2 Å². The van der Waals surface area contributed by atoms with Crippen molar-refractivity contribution in [2.45, 2.75) is 25.2 Å². The van der Waals surface area contributed by atoms with Crippen molar-refractivity contribution >= 4 is 22.2 Å². The highest BCUT2D eigenvalue weighted by atomic mass is 32.2. The van der Waals surface area contributed by atoms with E-state index in [0.29, 0.717) is 35.8 Å². The molecule has 3 aromatic rings. The van der Waals surface area contributed by atoms with Gasteiger partial charge in [0.2, 0.25) is 0 Å². The fourth-order valence-electron chi connectivity index (χ4n) is 2.89. The van der Waals surface area contributed by atoms with E-state index in [1.807, 2.05) is 13.8 Å². The summed E-state index contributed by atoms with van der Waals surface area (Å²) < 4.78 is 41.6. The molecule has 1 amide bonds. The van der Waals surface area contributed by atoms with E-state index in [1.54, 1.807) is 54.6 Å². The molecule has 3 aromatic carbocycles. The van der Waals surface area contributed by atoms with Crippen molar-refractivity contribution in [3.8, 4) is 17.2 Å². The molecular formula is C25H26N2O6S. The Hall–Kier alpha value is -3.85. The number of para-hydroxylation sites is 1. The summed E-state index contributed by atoms with van der Waals surface area (Å²) in [5.74, 6) is 0.654. The number of amides is 1. The second kappa shape index (κ2) is 11.9. The Bertz CT molecular complexity index is 1240. The number of carbonyl (C=O) groups excluding carboxylic acids is 1. The fourth-order valence-corrected chi connectivity index (χ4v) is 3.87. The molecule has 178 valence electrons. The first kappa shape index (κ1) is 24.8. The van der Waals surface area contributed by atoms with Gasteiger partial charge < -0.3 is 13.7 Å². The normalized spacial score (nSPS) is 11.2. The largest absolute Gasteiger partial charge is 0.490 e. The van der Waals surface area contributed by atoms with Crippen molar-refractivity contribution in [3.63, 3.8) is 0 Å². The third kappa shape index (κ3) is 6.58. The molecule has 0 unspecified atom stereocenters. The highest BCUT2D eigenvalue weighted by molar-refractivity contribution is 7.87. The standard InChI is InChI=1S/C25H26N2O6S/c1-3-16-32-23-15-14-19(17-24(23)31-4-2)25(28)27-26-18-20-10-8-9-13-22(20)33-34(29,30)21-11-6-5-7-12-21/h5-15,17-18H,3-4,16H2,1-2H3,(H,27,28)/b26-18+. The molecule has 3 rings (SSSR count). The second-order valence-corrected chi connectivity index (χ2v) is 8.58. The van der Waals surface area contributed by atoms with Crippen LogP contribution in [-0.2, 0) is 10.1 Å². The maximum Gasteiger partial charge on any atom is 0.339 e. The Labute approximate surface area is 199 Å². The van der Waals surface area contributed by atoms with Crippen LogP contribution in [0.4, 0.5) is 0 Å². The van der Waals surface area contributed by atoms with Crippen molar-refractivity contribution in [1.82, 2.24) is 5.43 Å². The number of hydrogen-bond acceptors (Lipinski definition) is 7. The molecule has 0 saturated carbocycles. The lowest BCUT2D eigenvalue weighted by atomic mass is 10.2. The number of ether oxygens (including phenoxy) is 2. The first-order valence-electron chi connectivity index (χ1n) is 10.8. The van der Waals surface area contributed by atoms with E-state index >= 15 is 0 Å². The van der Waals surface area contributed by atoms with E-state index in [4.69, 9.17) is 13.7 Å². The molecule has 0 aliphatic rings. The summed E-state index contributed by atoms with van der Waals surface area (Å²) in [7, 11) is -4.02. The third-order valence-electron chi connectivity index (χ3n) is 4.49. The molecule has 0 bridgehead atoms. The van der Waals surface area contributed by atoms with Crippen molar-refractivity contribution in [1.29, 1.82) is 0 Å². The van der Waals surface area contributed by atoms with Crippen LogP contribution in [-0.4, -0.2) is 33.8 Å². The van der Waals surface area contributed by atoms with Gasteiger partial charge in [0, 0.05) is 11.1 Å². The molecule has 0 saturated heterocycles. The number of hydrazone groups is 1. The summed E-state index contributed by atoms with van der Waals surface area (Å²) in [6.45, 7) is 4.81. The van der Waals surface area contributed by atoms with Gasteiger partial charge in [0.1, 0.15) is 4.90 Å². The van der Waals surface area contributed by atoms with Gasteiger partial charge in [-0.3, -0.25) is 4.79 Å². The van der Waals surface area contributed by atoms with E-state index in [9.17, 15) is 13.2 Å². The van der Waals surface area contributed by atoms with Crippen molar-refractivity contribution < 1.29 is 26.9 Å². The van der Waals surface area contributed by atoms with Crippen molar-refractivity contribution in [2.75, 3.05) is 13.2 Å². The molecule has 0 aliphatic heterocycles. The lowest BCUT2D eigenvalue weighted by Gasteiger charge is -2.12. The molecule has 0 aliphatic carbocycles. The highest BCUT2D eigenvalue weighted by Gasteiger charge is 2.17. The van der Waals surface area contributed by atoms with Crippen LogP contribution in [0.15, 0.2) is 82.8 Å². The topological polar surface area (TPSA) is 103 Å². The maximum absolute atomic E-state index is 12.6. The SMILES string of the molecule is CCCOc1ccc(C(=O)N/N=C/c2ccccc2OS(=O)(=O)c2ccccc2)cc1OCC. The van der Waals surface area contributed by atoms with Crippen LogP contribution in [0.2, 0.25) is 0 Å². The Balaban J connectivity index is 1.72. The van der Waals surface area contributed by atoms with E-state index in [-0.39, 0.29) is 10.6 Å². The zero-order chi connectivity index (χ0) is 24.4. The molecule has 0 fully saturated rings. The van der Waals surface area contributed by atoms with Gasteiger partial charge in [-0.1, -0.05) is 37.3 Å². The van der Waals surface area contributed by atoms with Gasteiger partial charge in [0.15, 0.2) is 17.2 Å². The summed E-state index contributed by atoms with van der Waals surface area (Å²) in [4.78, 5) is 12.6. The van der Waals surface area contributed by atoms with Crippen LogP contribution in [0.25, 0.3) is 0 Å². The van der Waals surface area contributed by atoms with Gasteiger partial charge in [-0.25, -0.2) is 5.43 Å². The van der Waals surface area contributed by atoms with Gasteiger partial charge in [-0.2, -0.15) is 13.5 Å². The first-order valence-corrected chi connectivity index (χ1v) is 12.2. The van der Waals surface area contributed by atoms with Crippen molar-refractivity contribution in [2.24, 2.45) is 5.10 Å². The van der Waals surface area contributed by atoms with Crippen LogP contribution < -0.4 is 19.1 Å². The number of nitrogens with one attached hydrogen (secondary N) is 1. The van der Waals surface area contributed by atoms with Crippen LogP contribution >= 0.6 is 0 Å². The van der Waals surface area contributed by atoms with Gasteiger partial charge in [-0.15, -0.1) is 0 Å². The average Bonchev–Trinajstić information content (AvgIpc) is 2.84. The minimum absolute atomic E-state index is 0.0338. The van der Waals surface area contributed by atoms with Crippen LogP contribution in [0.3, 0.4) is 0 Å². The molecular weight excluding hydrogens is 456 g/mol. The molecule has 8 nitrogen and oxygen atoms in total. The van der Waals surface area contributed by atoms with E-state index in [2.05, 4.69) is 10.5 Å². The second-order valence-electron chi connectivity index (χ2n) is 7.03. The maximum atomic E-state index is 12.6. The zero-order valence-electron chi connectivity index (χ0n) is 18.9. The van der Waals surface area contributed by atoms with Gasteiger partial charge in [0.25, 0.3) is 5.91 Å². The molecule has 0 heterocycles. The van der Waals surface area contributed by atoms with Crippen molar-refractivity contribution in [3.05, 3.63) is 83.9 Å². The quantitative estimate of drug-likeness (QED) is 0.247. The molecule has 34 heavy (non-hydrogen) atoms. The van der Waals surface area contributed by atoms with Gasteiger partial charge in [-0.05, 0) is 55.8 Å². The number of nitrogens with zero attached hydrogens (tertiary/aromatic N) is 1. The third-order valence-corrected chi connectivity index (χ3v) is 5.74. The average molecular weight is 483 g/mol. The molecule has 0 aromatic heterocycles. The number of benzene rings is 3. The summed E-state index contributed by atoms with van der Waals surface area (Å²) in [5.41, 5.74) is 3.14. The van der Waals surface area contributed by atoms with E-state index < -0.39 is 16.0 Å². The predicted octanol–water partition coefficient (Wildman–Crippen LogP) is 4.41. The summed E-state index contributed by atoms with van der Waals surface area (Å²) in [6.07, 6.45) is 2.16. The zero-order valence-corrected chi connectivity index (χ0v) is 19.7. The highest BCUT2D eigenvalue weighted by Crippen LogP contribution is 2.28. The van der Waals surface area contributed by atoms with Crippen LogP contribution in [0.5, 0.6) is 17.2 Å². The Morgan fingerprint density at radius 1 is 0.912 bits per heavy atom. The molecule has 0 radical (unpaired) electrons. The smallest absolute Gasteiger partial charge is 0.339 e. The summed E-state index contributed by atoms with van der Waals surface area (Å²) in [5, 5.41) is 3.96. The number of carbonyl (C=O) groups is 1. The van der Waals surface area contributed by atoms with Gasteiger partial charge in [0.05, 0.1) is 19.4 Å². The van der Waals surface area contributed by atoms with E-state index in [0.717, 1.165) is 6.42 Å². The summed E-state index contributed by atoms with van der Waals surface area (Å²) in [6, 6.07) is 19.2. The lowest BCUT2D eigenvalue weighted by Crippen LogP contribution is -2.18. The molecule has 0 atom stereocenters. The van der Waals surface area contributed by atoms with Crippen LogP contribution in [0, 0.1) is 0 Å². The molecule has 9 heteroatoms. The summed E-state index contributed by atoms with van der Waals surface area (Å²) >= 11 is 0.